The molecule has 0 bridgehead atoms. The summed E-state index contributed by atoms with van der Waals surface area (Å²) in [6.45, 7) is 0. The van der Waals surface area contributed by atoms with Crippen LogP contribution in [0.15, 0.2) is 34.4 Å². The molecule has 7 nitrogen and oxygen atoms in total. The third-order valence-electron chi connectivity index (χ3n) is 0.722. The van der Waals surface area contributed by atoms with Gasteiger partial charge in [0.15, 0.2) is 0 Å². The Morgan fingerprint density at radius 2 is 1.64 bits per heavy atom. The molecule has 1 N–H and O–H groups in total. The van der Waals surface area contributed by atoms with Crippen LogP contribution in [0.4, 0.5) is 0 Å². The van der Waals surface area contributed by atoms with Gasteiger partial charge in [0.25, 0.3) is 0 Å². The van der Waals surface area contributed by atoms with Crippen LogP contribution in [-0.2, 0) is 20.8 Å². The monoisotopic (exact) mass is 238 g/mol. The summed E-state index contributed by atoms with van der Waals surface area (Å²) in [5.74, 6) is 0. The third-order valence-corrected chi connectivity index (χ3v) is 1.96. The topological polar surface area (TPSA) is 114 Å². The van der Waals surface area contributed by atoms with Crippen molar-refractivity contribution < 1.29 is 21.4 Å². The second-order valence-corrected chi connectivity index (χ2v) is 3.69. The molecule has 9 heteroatoms. The van der Waals surface area contributed by atoms with Crippen molar-refractivity contribution in [1.82, 2.24) is 4.98 Å². The first-order valence-electron chi connectivity index (χ1n) is 3.06. The molecule has 0 spiro atoms. The van der Waals surface area contributed by atoms with E-state index in [1.165, 1.54) is 0 Å². The Bertz CT molecular complexity index is 443. The number of hydrogen-bond donors (Lipinski definition) is 1. The van der Waals surface area contributed by atoms with E-state index in [4.69, 9.17) is 4.55 Å². The molecule has 0 saturated heterocycles. The summed E-state index contributed by atoms with van der Waals surface area (Å²) in [6.07, 6.45) is 3.50. The predicted octanol–water partition coefficient (Wildman–Crippen LogP) is -0.0665. The fourth-order valence-corrected chi connectivity index (χ4v) is 1.00. The van der Waals surface area contributed by atoms with Crippen molar-refractivity contribution in [2.75, 3.05) is 0 Å². The van der Waals surface area contributed by atoms with Crippen molar-refractivity contribution in [3.63, 3.8) is 0 Å². The number of nitrogens with zero attached hydrogens (tertiary/aromatic N) is 2. The SMILES string of the molecule is O=S(=O)=NS(=O)(=O)O.c1ccncc1. The zero-order valence-corrected chi connectivity index (χ0v) is 8.31. The van der Waals surface area contributed by atoms with Crippen LogP contribution in [0.1, 0.15) is 0 Å². The molecule has 1 aromatic heterocycles. The van der Waals surface area contributed by atoms with E-state index in [0.29, 0.717) is 0 Å². The molecule has 1 aromatic rings. The average molecular weight is 238 g/mol. The smallest absolute Gasteiger partial charge is 0.267 e. The van der Waals surface area contributed by atoms with E-state index >= 15 is 0 Å². The van der Waals surface area contributed by atoms with Crippen molar-refractivity contribution in [2.24, 2.45) is 3.77 Å². The Morgan fingerprint density at radius 3 is 1.71 bits per heavy atom. The van der Waals surface area contributed by atoms with Gasteiger partial charge in [0.05, 0.1) is 0 Å². The molecule has 0 atom stereocenters. The summed E-state index contributed by atoms with van der Waals surface area (Å²) in [4.78, 5) is 3.78. The van der Waals surface area contributed by atoms with Gasteiger partial charge in [0.2, 0.25) is 0 Å². The molecule has 0 fully saturated rings. The molecule has 0 aromatic carbocycles. The Balaban J connectivity index is 0.000000249. The molecule has 78 valence electrons. The molecule has 0 aliphatic heterocycles. The average Bonchev–Trinajstić information content (AvgIpc) is 2.03. The number of rotatable bonds is 1. The Labute approximate surface area is 82.0 Å². The zero-order chi connectivity index (χ0) is 11.0. The molecule has 0 aliphatic carbocycles. The third kappa shape index (κ3) is 10.7. The molecule has 1 rings (SSSR count). The van der Waals surface area contributed by atoms with Crippen molar-refractivity contribution >= 4 is 20.8 Å². The van der Waals surface area contributed by atoms with Crippen LogP contribution < -0.4 is 0 Å². The molecule has 0 unspecified atom stereocenters. The van der Waals surface area contributed by atoms with E-state index in [-0.39, 0.29) is 0 Å². The number of aromatic nitrogens is 1. The predicted molar refractivity (Wildman–Crippen MR) is 47.1 cm³/mol. The highest BCUT2D eigenvalue weighted by molar-refractivity contribution is 7.89. The van der Waals surface area contributed by atoms with Crippen LogP contribution in [0.2, 0.25) is 0 Å². The van der Waals surface area contributed by atoms with Gasteiger partial charge >= 0.3 is 20.8 Å². The minimum absolute atomic E-state index is 1.75. The van der Waals surface area contributed by atoms with Crippen LogP contribution in [0.25, 0.3) is 0 Å². The number of hydrogen-bond acceptors (Lipinski definition) is 5. The Hall–Kier alpha value is -1.32. The summed E-state index contributed by atoms with van der Waals surface area (Å²) in [6, 6.07) is 5.72. The highest BCUT2D eigenvalue weighted by Crippen LogP contribution is 1.78. The van der Waals surface area contributed by atoms with Crippen molar-refractivity contribution in [1.29, 1.82) is 0 Å². The van der Waals surface area contributed by atoms with Gasteiger partial charge in [-0.2, -0.15) is 16.8 Å². The van der Waals surface area contributed by atoms with Gasteiger partial charge in [-0.05, 0) is 15.9 Å². The zero-order valence-electron chi connectivity index (χ0n) is 6.68. The molecule has 14 heavy (non-hydrogen) atoms. The first-order chi connectivity index (χ1) is 6.42. The summed E-state index contributed by atoms with van der Waals surface area (Å²) in [5, 5.41) is 0. The normalized spacial score (nSPS) is 9.50. The first-order valence-corrected chi connectivity index (χ1v) is 5.49. The molecule has 0 aliphatic rings. The second kappa shape index (κ2) is 6.18. The van der Waals surface area contributed by atoms with Crippen LogP contribution in [0.5, 0.6) is 0 Å². The highest BCUT2D eigenvalue weighted by atomic mass is 32.3. The molecule has 0 saturated carbocycles. The largest absolute Gasteiger partial charge is 0.392 e. The molecule has 0 radical (unpaired) electrons. The lowest BCUT2D eigenvalue weighted by Crippen LogP contribution is -1.88. The van der Waals surface area contributed by atoms with Crippen LogP contribution >= 0.6 is 0 Å². The maximum Gasteiger partial charge on any atom is 0.392 e. The van der Waals surface area contributed by atoms with Gasteiger partial charge in [-0.1, -0.05) is 6.07 Å². The second-order valence-electron chi connectivity index (χ2n) is 1.76. The molecular weight excluding hydrogens is 232 g/mol. The molecular formula is C5H6N2O5S2. The first kappa shape index (κ1) is 12.7. The summed E-state index contributed by atoms with van der Waals surface area (Å²) in [7, 11) is -7.81. The van der Waals surface area contributed by atoms with E-state index in [1.54, 1.807) is 12.4 Å². The van der Waals surface area contributed by atoms with Gasteiger partial charge in [0.1, 0.15) is 0 Å². The Kier molecular flexibility index (Phi) is 5.60. The maximum absolute atomic E-state index is 9.44. The minimum atomic E-state index is -4.71. The Morgan fingerprint density at radius 1 is 1.14 bits per heavy atom. The summed E-state index contributed by atoms with van der Waals surface area (Å²) >= 11 is 0. The van der Waals surface area contributed by atoms with E-state index in [2.05, 4.69) is 4.98 Å². The minimum Gasteiger partial charge on any atom is -0.267 e. The van der Waals surface area contributed by atoms with E-state index in [1.807, 2.05) is 22.0 Å². The van der Waals surface area contributed by atoms with E-state index in [0.717, 1.165) is 0 Å². The summed E-state index contributed by atoms with van der Waals surface area (Å²) in [5.41, 5.74) is 0. The lowest BCUT2D eigenvalue weighted by molar-refractivity contribution is 0.485. The van der Waals surface area contributed by atoms with Crippen LogP contribution in [-0.4, -0.2) is 26.4 Å². The lowest BCUT2D eigenvalue weighted by Gasteiger charge is -1.71. The van der Waals surface area contributed by atoms with Gasteiger partial charge in [-0.15, -0.1) is 0 Å². The molecule has 1 heterocycles. The van der Waals surface area contributed by atoms with Crippen molar-refractivity contribution in [2.45, 2.75) is 0 Å². The van der Waals surface area contributed by atoms with Crippen LogP contribution in [0.3, 0.4) is 0 Å². The van der Waals surface area contributed by atoms with E-state index in [9.17, 15) is 16.8 Å². The summed E-state index contributed by atoms with van der Waals surface area (Å²) < 4.78 is 46.9. The van der Waals surface area contributed by atoms with Crippen LogP contribution in [0, 0.1) is 0 Å². The van der Waals surface area contributed by atoms with Crippen molar-refractivity contribution in [3.8, 4) is 0 Å². The van der Waals surface area contributed by atoms with Gasteiger partial charge in [0, 0.05) is 12.4 Å². The quantitative estimate of drug-likeness (QED) is 0.685. The molecule has 0 amide bonds. The fraction of sp³-hybridized carbons (Fsp3) is 0. The van der Waals surface area contributed by atoms with Gasteiger partial charge < -0.3 is 0 Å². The standard InChI is InChI=1S/C5H5N.HNO5S2/c1-2-4-6-5-3-1;2-7(3)1-8(4,5)6/h1-5H;(H,4,5,6). The number of pyridine rings is 1. The fourth-order valence-electron chi connectivity index (χ4n) is 0.390. The van der Waals surface area contributed by atoms with Gasteiger partial charge in [-0.3, -0.25) is 9.54 Å². The lowest BCUT2D eigenvalue weighted by atomic mass is 10.5. The van der Waals surface area contributed by atoms with Crippen molar-refractivity contribution in [3.05, 3.63) is 30.6 Å². The maximum atomic E-state index is 9.44. The highest BCUT2D eigenvalue weighted by Gasteiger charge is 1.96. The van der Waals surface area contributed by atoms with E-state index < -0.39 is 20.8 Å². The van der Waals surface area contributed by atoms with Gasteiger partial charge in [-0.25, -0.2) is 0 Å².